The molecule has 1 saturated carbocycles. The number of amides is 1. The lowest BCUT2D eigenvalue weighted by Crippen LogP contribution is -2.48. The fraction of sp³-hybridized carbons (Fsp3) is 0.586. The van der Waals surface area contributed by atoms with Gasteiger partial charge in [0.1, 0.15) is 0 Å². The fourth-order valence-electron chi connectivity index (χ4n) is 6.50. The van der Waals surface area contributed by atoms with Crippen molar-refractivity contribution in [3.05, 3.63) is 35.2 Å². The zero-order valence-electron chi connectivity index (χ0n) is 23.6. The van der Waals surface area contributed by atoms with Gasteiger partial charge in [-0.15, -0.1) is 5.48 Å². The van der Waals surface area contributed by atoms with Crippen LogP contribution in [-0.4, -0.2) is 50.9 Å². The van der Waals surface area contributed by atoms with E-state index in [0.29, 0.717) is 16.6 Å². The summed E-state index contributed by atoms with van der Waals surface area (Å²) in [5.74, 6) is 2.27. The largest absolute Gasteiger partial charge is 0.427 e. The van der Waals surface area contributed by atoms with Crippen molar-refractivity contribution in [1.29, 1.82) is 0 Å². The van der Waals surface area contributed by atoms with E-state index in [1.807, 2.05) is 12.1 Å². The molecular formula is C29H38ClN7O3. The number of halogens is 1. The predicted octanol–water partition coefficient (Wildman–Crippen LogP) is 5.61. The highest BCUT2D eigenvalue weighted by Crippen LogP contribution is 2.40. The van der Waals surface area contributed by atoms with Crippen molar-refractivity contribution < 1.29 is 14.4 Å². The summed E-state index contributed by atoms with van der Waals surface area (Å²) < 4.78 is 8.35. The second-order valence-electron chi connectivity index (χ2n) is 12.0. The summed E-state index contributed by atoms with van der Waals surface area (Å²) in [6, 6.07) is 4.01. The Kier molecular flexibility index (Phi) is 7.35. The number of ether oxygens (including phenoxy) is 1. The van der Waals surface area contributed by atoms with Gasteiger partial charge in [0.2, 0.25) is 5.95 Å². The molecule has 3 aromatic rings. The number of imidazole rings is 1. The molecule has 2 saturated heterocycles. The number of hydrogen-bond acceptors (Lipinski definition) is 8. The van der Waals surface area contributed by atoms with Crippen molar-refractivity contribution in [3.8, 4) is 11.3 Å². The van der Waals surface area contributed by atoms with Crippen molar-refractivity contribution in [3.63, 3.8) is 0 Å². The van der Waals surface area contributed by atoms with Crippen LogP contribution < -0.4 is 15.7 Å². The van der Waals surface area contributed by atoms with Gasteiger partial charge in [-0.1, -0.05) is 31.4 Å². The van der Waals surface area contributed by atoms with Crippen LogP contribution in [0.15, 0.2) is 24.5 Å². The second-order valence-corrected chi connectivity index (χ2v) is 12.5. The molecule has 2 N–H and O–H groups in total. The lowest BCUT2D eigenvalue weighted by molar-refractivity contribution is 0.00151. The lowest BCUT2D eigenvalue weighted by atomic mass is 9.83. The van der Waals surface area contributed by atoms with Crippen molar-refractivity contribution in [2.75, 3.05) is 18.6 Å². The molecule has 6 rings (SSSR count). The van der Waals surface area contributed by atoms with Crippen LogP contribution in [0.25, 0.3) is 22.3 Å². The lowest BCUT2D eigenvalue weighted by Gasteiger charge is -2.38. The molecule has 3 aliphatic rings. The summed E-state index contributed by atoms with van der Waals surface area (Å²) in [6.45, 7) is 8.43. The molecule has 214 valence electrons. The number of carbonyl (C=O) groups excluding carboxylic acids is 1. The van der Waals surface area contributed by atoms with Crippen LogP contribution >= 0.6 is 11.6 Å². The number of aromatic nitrogens is 4. The summed E-state index contributed by atoms with van der Waals surface area (Å²) in [5, 5.41) is 3.30. The quantitative estimate of drug-likeness (QED) is 0.379. The first-order valence-corrected chi connectivity index (χ1v) is 14.7. The summed E-state index contributed by atoms with van der Waals surface area (Å²) in [7, 11) is 1.79. The third-order valence-electron chi connectivity index (χ3n) is 8.94. The summed E-state index contributed by atoms with van der Waals surface area (Å²) >= 11 is 6.41. The highest BCUT2D eigenvalue weighted by atomic mass is 35.5. The van der Waals surface area contributed by atoms with E-state index in [1.165, 1.54) is 25.7 Å². The number of hydrogen-bond donors (Lipinski definition) is 2. The maximum Gasteiger partial charge on any atom is 0.427 e. The van der Waals surface area contributed by atoms with Gasteiger partial charge in [-0.3, -0.25) is 10.3 Å². The van der Waals surface area contributed by atoms with Crippen LogP contribution in [0.3, 0.4) is 0 Å². The highest BCUT2D eigenvalue weighted by molar-refractivity contribution is 6.30. The number of nitrogens with zero attached hydrogens (tertiary/aromatic N) is 5. The number of methoxy groups -OCH3 is 1. The Morgan fingerprint density at radius 1 is 1.15 bits per heavy atom. The maximum absolute atomic E-state index is 11.8. The van der Waals surface area contributed by atoms with Crippen molar-refractivity contribution in [2.45, 2.75) is 83.6 Å². The van der Waals surface area contributed by atoms with Crippen molar-refractivity contribution >= 4 is 34.7 Å². The monoisotopic (exact) mass is 567 g/mol. The van der Waals surface area contributed by atoms with Gasteiger partial charge in [0, 0.05) is 38.2 Å². The molecule has 0 radical (unpaired) electrons. The topological polar surface area (TPSA) is 106 Å². The predicted molar refractivity (Wildman–Crippen MR) is 154 cm³/mol. The molecule has 0 spiro atoms. The minimum absolute atomic E-state index is 0.187. The molecule has 0 bridgehead atoms. The zero-order valence-corrected chi connectivity index (χ0v) is 24.4. The number of nitrogens with one attached hydrogen (secondary N) is 2. The molecule has 40 heavy (non-hydrogen) atoms. The molecule has 1 amide bonds. The van der Waals surface area contributed by atoms with E-state index >= 15 is 0 Å². The smallest absolute Gasteiger partial charge is 0.377 e. The van der Waals surface area contributed by atoms with Crippen LogP contribution in [0, 0.1) is 11.8 Å². The van der Waals surface area contributed by atoms with Gasteiger partial charge < -0.3 is 19.0 Å². The molecule has 0 aromatic carbocycles. The van der Waals surface area contributed by atoms with E-state index in [4.69, 9.17) is 31.1 Å². The van der Waals surface area contributed by atoms with Crippen LogP contribution in [-0.2, 0) is 16.1 Å². The number of anilines is 1. The van der Waals surface area contributed by atoms with Crippen LogP contribution in [0.2, 0.25) is 5.02 Å². The molecule has 10 nitrogen and oxygen atoms in total. The molecule has 3 aromatic heterocycles. The van der Waals surface area contributed by atoms with Gasteiger partial charge in [0.25, 0.3) is 0 Å². The van der Waals surface area contributed by atoms with Gasteiger partial charge in [-0.25, -0.2) is 14.8 Å². The van der Waals surface area contributed by atoms with Gasteiger partial charge >= 0.3 is 6.09 Å². The van der Waals surface area contributed by atoms with E-state index in [0.717, 1.165) is 60.1 Å². The molecule has 2 aliphatic heterocycles. The van der Waals surface area contributed by atoms with Gasteiger partial charge in [0.15, 0.2) is 6.17 Å². The zero-order chi connectivity index (χ0) is 28.0. The molecular weight excluding hydrogens is 530 g/mol. The molecule has 1 aliphatic carbocycles. The third kappa shape index (κ3) is 5.12. The minimum Gasteiger partial charge on any atom is -0.377 e. The summed E-state index contributed by atoms with van der Waals surface area (Å²) in [5.41, 5.74) is 6.29. The van der Waals surface area contributed by atoms with E-state index < -0.39 is 12.3 Å². The third-order valence-corrected chi connectivity index (χ3v) is 9.15. The molecule has 11 heteroatoms. The Labute approximate surface area is 239 Å². The van der Waals surface area contributed by atoms with Crippen LogP contribution in [0.1, 0.15) is 71.2 Å². The number of pyridine rings is 2. The first kappa shape index (κ1) is 27.2. The van der Waals surface area contributed by atoms with Crippen LogP contribution in [0.5, 0.6) is 0 Å². The highest BCUT2D eigenvalue weighted by Gasteiger charge is 2.40. The van der Waals surface area contributed by atoms with Gasteiger partial charge in [0.05, 0.1) is 39.1 Å². The Balaban J connectivity index is 1.55. The van der Waals surface area contributed by atoms with Crippen molar-refractivity contribution in [1.82, 2.24) is 30.3 Å². The van der Waals surface area contributed by atoms with Crippen LogP contribution in [0.4, 0.5) is 10.7 Å². The SMILES string of the molecule is COC(C)(C)[C@@H]1CCCN1c1nc2cc(C3NOC(=O)N3)nc(-c3cncc(Cl)c3)c2n1CC1CCC(C)CC1. The molecule has 2 atom stereocenters. The minimum atomic E-state index is -0.594. The number of fused-ring (bicyclic) bond motifs is 1. The molecule has 5 heterocycles. The number of rotatable bonds is 7. The van der Waals surface area contributed by atoms with Crippen molar-refractivity contribution in [2.24, 2.45) is 11.8 Å². The first-order valence-electron chi connectivity index (χ1n) is 14.3. The Hall–Kier alpha value is -2.95. The Morgan fingerprint density at radius 2 is 1.95 bits per heavy atom. The average Bonchev–Trinajstić information content (AvgIpc) is 3.68. The van der Waals surface area contributed by atoms with E-state index in [1.54, 1.807) is 19.5 Å². The number of hydroxylamine groups is 1. The maximum atomic E-state index is 11.8. The van der Waals surface area contributed by atoms with Gasteiger partial charge in [-0.2, -0.15) is 0 Å². The first-order chi connectivity index (χ1) is 19.2. The molecule has 1 unspecified atom stereocenters. The second kappa shape index (κ2) is 10.8. The van der Waals surface area contributed by atoms with E-state index in [9.17, 15) is 4.79 Å². The summed E-state index contributed by atoms with van der Waals surface area (Å²) in [6.07, 6.45) is 9.25. The van der Waals surface area contributed by atoms with E-state index in [2.05, 4.69) is 46.0 Å². The number of carbonyl (C=O) groups is 1. The Morgan fingerprint density at radius 3 is 2.65 bits per heavy atom. The van der Waals surface area contributed by atoms with E-state index in [-0.39, 0.29) is 11.6 Å². The fourth-order valence-corrected chi connectivity index (χ4v) is 6.68. The average molecular weight is 568 g/mol. The molecule has 3 fully saturated rings. The normalized spacial score (nSPS) is 25.4. The summed E-state index contributed by atoms with van der Waals surface area (Å²) in [4.78, 5) is 33.9. The standard InChI is InChI=1S/C29H38ClN7O3/c1-17-7-9-18(10-8-17)16-37-25-21(33-27(37)36-11-5-6-23(36)29(2,3)39-4)13-22(26-34-28(38)40-35-26)32-24(25)19-12-20(30)15-31-14-19/h12-15,17-18,23,26,35H,5-11,16H2,1-4H3,(H,34,38)/t17?,18?,23-,26?/m0/s1. The van der Waals surface area contributed by atoms with Gasteiger partial charge in [-0.05, 0) is 63.5 Å². The Bertz CT molecular complexity index is 1400.